The van der Waals surface area contributed by atoms with Crippen LogP contribution in [0.3, 0.4) is 0 Å². The molecule has 0 aliphatic carbocycles. The zero-order valence-corrected chi connectivity index (χ0v) is 16.2. The van der Waals surface area contributed by atoms with Gasteiger partial charge in [0.25, 0.3) is 0 Å². The Morgan fingerprint density at radius 3 is 2.12 bits per heavy atom. The molecule has 1 spiro atoms. The first-order valence-corrected chi connectivity index (χ1v) is 10.6. The summed E-state index contributed by atoms with van der Waals surface area (Å²) in [6.07, 6.45) is 2.06. The maximum Gasteiger partial charge on any atom is 0.233 e. The van der Waals surface area contributed by atoms with Gasteiger partial charge in [-0.25, -0.2) is 12.7 Å². The molecule has 0 N–H and O–H groups in total. The molecule has 25 heavy (non-hydrogen) atoms. The molecule has 1 amide bonds. The van der Waals surface area contributed by atoms with Gasteiger partial charge in [0.1, 0.15) is 0 Å². The van der Waals surface area contributed by atoms with Crippen molar-refractivity contribution in [3.63, 3.8) is 0 Å². The highest BCUT2D eigenvalue weighted by molar-refractivity contribution is 7.89. The molecule has 5 nitrogen and oxygen atoms in total. The summed E-state index contributed by atoms with van der Waals surface area (Å²) in [7, 11) is -3.26. The van der Waals surface area contributed by atoms with Crippen LogP contribution in [0.1, 0.15) is 40.0 Å². The minimum Gasteiger partial charge on any atom is -0.312 e. The van der Waals surface area contributed by atoms with Gasteiger partial charge in [-0.3, -0.25) is 4.79 Å². The van der Waals surface area contributed by atoms with E-state index in [0.29, 0.717) is 25.9 Å². The number of hydrogen-bond donors (Lipinski definition) is 0. The molecule has 0 atom stereocenters. The van der Waals surface area contributed by atoms with Crippen molar-refractivity contribution < 1.29 is 13.2 Å². The average Bonchev–Trinajstić information content (AvgIpc) is 2.83. The van der Waals surface area contributed by atoms with Crippen LogP contribution in [-0.4, -0.2) is 44.0 Å². The average molecular weight is 365 g/mol. The third-order valence-electron chi connectivity index (χ3n) is 5.27. The Kier molecular flexibility index (Phi) is 4.71. The number of benzene rings is 1. The molecule has 138 valence electrons. The van der Waals surface area contributed by atoms with E-state index in [-0.39, 0.29) is 22.5 Å². The maximum atomic E-state index is 13.0. The molecule has 0 bridgehead atoms. The van der Waals surface area contributed by atoms with Crippen LogP contribution in [-0.2, 0) is 14.8 Å². The highest BCUT2D eigenvalue weighted by Crippen LogP contribution is 2.43. The standard InChI is InChI=1S/C19H28N2O3S/c1-18(2,3)15-25(23,24)20-12-9-19(10-13-20)11-14-21(17(19)22)16-7-5-4-6-8-16/h4-8H,9-15H2,1-3H3. The van der Waals surface area contributed by atoms with Crippen molar-refractivity contribution in [3.05, 3.63) is 30.3 Å². The van der Waals surface area contributed by atoms with E-state index in [0.717, 1.165) is 18.7 Å². The Balaban J connectivity index is 1.69. The molecular formula is C19H28N2O3S. The maximum absolute atomic E-state index is 13.0. The van der Waals surface area contributed by atoms with Gasteiger partial charge in [-0.1, -0.05) is 39.0 Å². The second-order valence-electron chi connectivity index (χ2n) is 8.54. The summed E-state index contributed by atoms with van der Waals surface area (Å²) in [5, 5.41) is 0. The molecule has 0 aromatic heterocycles. The second kappa shape index (κ2) is 6.40. The Hall–Kier alpha value is -1.40. The largest absolute Gasteiger partial charge is 0.312 e. The Morgan fingerprint density at radius 1 is 1.00 bits per heavy atom. The molecule has 1 aromatic carbocycles. The van der Waals surface area contributed by atoms with Gasteiger partial charge in [-0.2, -0.15) is 0 Å². The molecule has 2 aliphatic rings. The minimum atomic E-state index is -3.26. The lowest BCUT2D eigenvalue weighted by molar-refractivity contribution is -0.127. The Bertz CT molecular complexity index is 730. The number of piperidine rings is 1. The first kappa shape index (κ1) is 18.4. The summed E-state index contributed by atoms with van der Waals surface area (Å²) in [5.41, 5.74) is 0.289. The van der Waals surface area contributed by atoms with Gasteiger partial charge in [0.05, 0.1) is 11.2 Å². The molecule has 0 radical (unpaired) electrons. The van der Waals surface area contributed by atoms with Crippen LogP contribution >= 0.6 is 0 Å². The first-order chi connectivity index (χ1) is 11.6. The topological polar surface area (TPSA) is 57.7 Å². The SMILES string of the molecule is CC(C)(C)CS(=O)(=O)N1CCC2(CCN(c3ccccc3)C2=O)CC1. The van der Waals surface area contributed by atoms with Gasteiger partial charge in [-0.15, -0.1) is 0 Å². The van der Waals surface area contributed by atoms with Gasteiger partial charge in [0.2, 0.25) is 15.9 Å². The van der Waals surface area contributed by atoms with E-state index < -0.39 is 10.0 Å². The molecule has 6 heteroatoms. The van der Waals surface area contributed by atoms with Crippen LogP contribution in [0.4, 0.5) is 5.69 Å². The molecule has 2 heterocycles. The van der Waals surface area contributed by atoms with Crippen molar-refractivity contribution in [2.75, 3.05) is 30.3 Å². The molecule has 1 aromatic rings. The minimum absolute atomic E-state index is 0.150. The summed E-state index contributed by atoms with van der Waals surface area (Å²) in [6.45, 7) is 7.44. The van der Waals surface area contributed by atoms with Crippen molar-refractivity contribution >= 4 is 21.6 Å². The van der Waals surface area contributed by atoms with Gasteiger partial charge >= 0.3 is 0 Å². The van der Waals surface area contributed by atoms with E-state index in [4.69, 9.17) is 0 Å². The van der Waals surface area contributed by atoms with E-state index in [1.54, 1.807) is 4.31 Å². The number of rotatable bonds is 3. The lowest BCUT2D eigenvalue weighted by atomic mass is 9.77. The number of amides is 1. The van der Waals surface area contributed by atoms with Crippen LogP contribution in [0.25, 0.3) is 0 Å². The highest BCUT2D eigenvalue weighted by Gasteiger charge is 2.49. The van der Waals surface area contributed by atoms with Crippen molar-refractivity contribution in [2.24, 2.45) is 10.8 Å². The van der Waals surface area contributed by atoms with Crippen molar-refractivity contribution in [2.45, 2.75) is 40.0 Å². The first-order valence-electron chi connectivity index (χ1n) is 8.98. The van der Waals surface area contributed by atoms with Crippen molar-refractivity contribution in [1.82, 2.24) is 4.31 Å². The third kappa shape index (κ3) is 3.75. The normalized spacial score (nSPS) is 21.9. The Morgan fingerprint density at radius 2 is 1.56 bits per heavy atom. The molecule has 2 aliphatic heterocycles. The lowest BCUT2D eigenvalue weighted by Crippen LogP contribution is -2.48. The second-order valence-corrected chi connectivity index (χ2v) is 10.5. The number of sulfonamides is 1. The zero-order valence-electron chi connectivity index (χ0n) is 15.4. The monoisotopic (exact) mass is 364 g/mol. The van der Waals surface area contributed by atoms with Crippen molar-refractivity contribution in [1.29, 1.82) is 0 Å². The van der Waals surface area contributed by atoms with E-state index in [2.05, 4.69) is 0 Å². The van der Waals surface area contributed by atoms with Gasteiger partial charge in [-0.05, 0) is 36.8 Å². The van der Waals surface area contributed by atoms with Gasteiger partial charge in [0, 0.05) is 25.3 Å². The molecule has 2 saturated heterocycles. The summed E-state index contributed by atoms with van der Waals surface area (Å²) in [5.74, 6) is 0.309. The molecule has 2 fully saturated rings. The van der Waals surface area contributed by atoms with Gasteiger partial charge in [0.15, 0.2) is 0 Å². The number of carbonyl (C=O) groups is 1. The van der Waals surface area contributed by atoms with Crippen LogP contribution in [0, 0.1) is 10.8 Å². The van der Waals surface area contributed by atoms with E-state index >= 15 is 0 Å². The van der Waals surface area contributed by atoms with Gasteiger partial charge < -0.3 is 4.90 Å². The lowest BCUT2D eigenvalue weighted by Gasteiger charge is -2.38. The predicted octanol–water partition coefficient (Wildman–Crippen LogP) is 2.88. The fourth-order valence-corrected chi connectivity index (χ4v) is 5.99. The van der Waals surface area contributed by atoms with Crippen LogP contribution in [0.2, 0.25) is 0 Å². The van der Waals surface area contributed by atoms with E-state index in [1.807, 2.05) is 56.0 Å². The number of para-hydroxylation sites is 1. The number of anilines is 1. The smallest absolute Gasteiger partial charge is 0.233 e. The fraction of sp³-hybridized carbons (Fsp3) is 0.632. The molecule has 0 saturated carbocycles. The summed E-state index contributed by atoms with van der Waals surface area (Å²) < 4.78 is 26.8. The summed E-state index contributed by atoms with van der Waals surface area (Å²) >= 11 is 0. The fourth-order valence-electron chi connectivity index (χ4n) is 3.97. The predicted molar refractivity (Wildman–Crippen MR) is 99.9 cm³/mol. The van der Waals surface area contributed by atoms with Crippen LogP contribution < -0.4 is 4.90 Å². The quantitative estimate of drug-likeness (QED) is 0.829. The zero-order chi connectivity index (χ0) is 18.3. The highest BCUT2D eigenvalue weighted by atomic mass is 32.2. The van der Waals surface area contributed by atoms with Crippen LogP contribution in [0.15, 0.2) is 30.3 Å². The van der Waals surface area contributed by atoms with E-state index in [1.165, 1.54) is 0 Å². The number of carbonyl (C=O) groups excluding carboxylic acids is 1. The summed E-state index contributed by atoms with van der Waals surface area (Å²) in [4.78, 5) is 14.9. The number of nitrogens with zero attached hydrogens (tertiary/aromatic N) is 2. The molecule has 3 rings (SSSR count). The molecular weight excluding hydrogens is 336 g/mol. The molecule has 0 unspecified atom stereocenters. The Labute approximate surface area is 151 Å². The van der Waals surface area contributed by atoms with Crippen LogP contribution in [0.5, 0.6) is 0 Å². The van der Waals surface area contributed by atoms with E-state index in [9.17, 15) is 13.2 Å². The summed E-state index contributed by atoms with van der Waals surface area (Å²) in [6, 6.07) is 9.74. The third-order valence-corrected chi connectivity index (χ3v) is 7.65. The number of hydrogen-bond acceptors (Lipinski definition) is 3. The van der Waals surface area contributed by atoms with Crippen molar-refractivity contribution in [3.8, 4) is 0 Å².